The number of carbonyl (C=O) groups excluding carboxylic acids is 1. The molecule has 0 aliphatic heterocycles. The summed E-state index contributed by atoms with van der Waals surface area (Å²) in [6.07, 6.45) is -4.91. The SMILES string of the molecule is CCN(C(=O)NC(CC1CC1)C(F)(F)F)[C@@H](c1cc(-c2cn3cc(C)nc3c(OC)n2)c(OC)cn1)C(F)(F)F. The number of methoxy groups -OCH3 is 2. The van der Waals surface area contributed by atoms with Crippen molar-refractivity contribution in [3.8, 4) is 22.9 Å². The van der Waals surface area contributed by atoms with Crippen molar-refractivity contribution in [3.63, 3.8) is 0 Å². The summed E-state index contributed by atoms with van der Waals surface area (Å²) in [5, 5.41) is 1.78. The maximum absolute atomic E-state index is 14.5. The van der Waals surface area contributed by atoms with Gasteiger partial charge in [0.2, 0.25) is 5.65 Å². The Morgan fingerprint density at radius 3 is 2.38 bits per heavy atom. The number of imidazole rings is 1. The van der Waals surface area contributed by atoms with Gasteiger partial charge in [-0.25, -0.2) is 14.8 Å². The van der Waals surface area contributed by atoms with Crippen LogP contribution in [-0.2, 0) is 0 Å². The number of nitrogens with one attached hydrogen (secondary N) is 1. The van der Waals surface area contributed by atoms with Crippen LogP contribution in [0.15, 0.2) is 24.7 Å². The highest BCUT2D eigenvalue weighted by Gasteiger charge is 2.49. The smallest absolute Gasteiger partial charge is 0.414 e. The summed E-state index contributed by atoms with van der Waals surface area (Å²) in [6, 6.07) is -5.37. The van der Waals surface area contributed by atoms with Crippen LogP contribution >= 0.6 is 0 Å². The summed E-state index contributed by atoms with van der Waals surface area (Å²) in [7, 11) is 2.65. The Morgan fingerprint density at radius 1 is 1.12 bits per heavy atom. The molecular formula is C25H28F6N6O3. The van der Waals surface area contributed by atoms with Crippen molar-refractivity contribution in [1.29, 1.82) is 0 Å². The van der Waals surface area contributed by atoms with Gasteiger partial charge in [-0.15, -0.1) is 0 Å². The Hall–Kier alpha value is -3.78. The van der Waals surface area contributed by atoms with Crippen molar-refractivity contribution in [2.75, 3.05) is 20.8 Å². The molecule has 1 saturated carbocycles. The van der Waals surface area contributed by atoms with Gasteiger partial charge in [0.05, 0.1) is 37.5 Å². The summed E-state index contributed by atoms with van der Waals surface area (Å²) in [5.41, 5.74) is 0.627. The van der Waals surface area contributed by atoms with Crippen molar-refractivity contribution in [2.24, 2.45) is 5.92 Å². The number of hydrogen-bond acceptors (Lipinski definition) is 6. The Bertz CT molecular complexity index is 1370. The molecule has 40 heavy (non-hydrogen) atoms. The molecule has 0 bridgehead atoms. The van der Waals surface area contributed by atoms with Crippen LogP contribution in [0, 0.1) is 12.8 Å². The minimum absolute atomic E-state index is 0.0736. The van der Waals surface area contributed by atoms with Gasteiger partial charge in [0.1, 0.15) is 11.8 Å². The van der Waals surface area contributed by atoms with Crippen LogP contribution < -0.4 is 14.8 Å². The number of urea groups is 1. The van der Waals surface area contributed by atoms with E-state index in [0.717, 1.165) is 12.3 Å². The van der Waals surface area contributed by atoms with E-state index >= 15 is 0 Å². The van der Waals surface area contributed by atoms with Gasteiger partial charge in [0.25, 0.3) is 5.88 Å². The van der Waals surface area contributed by atoms with E-state index in [1.165, 1.54) is 27.3 Å². The van der Waals surface area contributed by atoms with Crippen LogP contribution in [0.25, 0.3) is 16.9 Å². The van der Waals surface area contributed by atoms with E-state index in [2.05, 4.69) is 15.0 Å². The maximum Gasteiger partial charge on any atom is 0.414 e. The van der Waals surface area contributed by atoms with Gasteiger partial charge in [-0.05, 0) is 32.3 Å². The van der Waals surface area contributed by atoms with E-state index < -0.39 is 49.1 Å². The third-order valence-corrected chi connectivity index (χ3v) is 6.57. The molecule has 1 N–H and O–H groups in total. The first kappa shape index (κ1) is 29.2. The van der Waals surface area contributed by atoms with Gasteiger partial charge in [0.15, 0.2) is 6.04 Å². The first-order valence-corrected chi connectivity index (χ1v) is 12.4. The van der Waals surface area contributed by atoms with Crippen LogP contribution in [-0.4, -0.2) is 69.4 Å². The molecule has 0 spiro atoms. The normalized spacial score (nSPS) is 15.6. The highest BCUT2D eigenvalue weighted by Crippen LogP contribution is 2.41. The average molecular weight is 575 g/mol. The number of carbonyl (C=O) groups is 1. The highest BCUT2D eigenvalue weighted by atomic mass is 19.4. The van der Waals surface area contributed by atoms with Crippen molar-refractivity contribution < 1.29 is 40.6 Å². The van der Waals surface area contributed by atoms with Gasteiger partial charge >= 0.3 is 18.4 Å². The van der Waals surface area contributed by atoms with Crippen LogP contribution in [0.5, 0.6) is 11.6 Å². The zero-order chi connectivity index (χ0) is 29.4. The predicted octanol–water partition coefficient (Wildman–Crippen LogP) is 5.48. The number of pyridine rings is 1. The minimum Gasteiger partial charge on any atom is -0.494 e. The summed E-state index contributed by atoms with van der Waals surface area (Å²) >= 11 is 0. The van der Waals surface area contributed by atoms with Crippen molar-refractivity contribution >= 4 is 11.7 Å². The Labute approximate surface area is 225 Å². The van der Waals surface area contributed by atoms with Crippen LogP contribution in [0.1, 0.15) is 43.6 Å². The molecule has 15 heteroatoms. The molecule has 218 valence electrons. The van der Waals surface area contributed by atoms with E-state index in [4.69, 9.17) is 9.47 Å². The number of nitrogens with zero attached hydrogens (tertiary/aromatic N) is 5. The number of aromatic nitrogens is 4. The summed E-state index contributed by atoms with van der Waals surface area (Å²) in [5.74, 6) is -0.0568. The zero-order valence-corrected chi connectivity index (χ0v) is 22.1. The van der Waals surface area contributed by atoms with Crippen molar-refractivity contribution in [2.45, 2.75) is 57.5 Å². The number of fused-ring (bicyclic) bond motifs is 1. The second kappa shape index (κ2) is 11.0. The predicted molar refractivity (Wildman–Crippen MR) is 131 cm³/mol. The number of rotatable bonds is 9. The maximum atomic E-state index is 14.5. The third kappa shape index (κ3) is 6.17. The van der Waals surface area contributed by atoms with Gasteiger partial charge in [0, 0.05) is 24.5 Å². The molecule has 3 aromatic heterocycles. The van der Waals surface area contributed by atoms with E-state index in [9.17, 15) is 31.1 Å². The highest BCUT2D eigenvalue weighted by molar-refractivity contribution is 5.76. The lowest BCUT2D eigenvalue weighted by Gasteiger charge is -2.34. The molecule has 2 amide bonds. The standard InChI is InChI=1S/C25H28F6N6O3/c1-5-37(23(38)35-19(24(26,27)28)8-14-6-7-14)20(25(29,30)31)16-9-15(18(39-3)10-32-16)17-12-36-11-13(2)33-21(36)22(34-17)40-4/h9-12,14,19-20H,5-8H2,1-4H3,(H,35,38)/t19?,20-/m0/s1. The molecule has 4 rings (SSSR count). The average Bonchev–Trinajstić information content (AvgIpc) is 3.62. The quantitative estimate of drug-likeness (QED) is 0.340. The number of hydrogen-bond donors (Lipinski definition) is 1. The van der Waals surface area contributed by atoms with E-state index in [1.54, 1.807) is 22.8 Å². The Morgan fingerprint density at radius 2 is 1.82 bits per heavy atom. The van der Waals surface area contributed by atoms with Gasteiger partial charge in [-0.3, -0.25) is 4.98 Å². The molecule has 0 saturated heterocycles. The number of alkyl halides is 6. The molecule has 0 radical (unpaired) electrons. The summed E-state index contributed by atoms with van der Waals surface area (Å²) in [6.45, 7) is 2.44. The summed E-state index contributed by atoms with van der Waals surface area (Å²) < 4.78 is 96.4. The molecule has 1 unspecified atom stereocenters. The van der Waals surface area contributed by atoms with E-state index in [-0.39, 0.29) is 28.8 Å². The fourth-order valence-electron chi connectivity index (χ4n) is 4.47. The third-order valence-electron chi connectivity index (χ3n) is 6.57. The van der Waals surface area contributed by atoms with E-state index in [1.807, 2.05) is 0 Å². The minimum atomic E-state index is -5.08. The number of aryl methyl sites for hydroxylation is 1. The van der Waals surface area contributed by atoms with Crippen molar-refractivity contribution in [3.05, 3.63) is 36.0 Å². The van der Waals surface area contributed by atoms with Crippen LogP contribution in [0.4, 0.5) is 31.1 Å². The number of amides is 2. The molecule has 2 atom stereocenters. The van der Waals surface area contributed by atoms with Crippen molar-refractivity contribution in [1.82, 2.24) is 29.6 Å². The fourth-order valence-corrected chi connectivity index (χ4v) is 4.47. The largest absolute Gasteiger partial charge is 0.494 e. The lowest BCUT2D eigenvalue weighted by atomic mass is 10.1. The number of ether oxygens (including phenoxy) is 2. The zero-order valence-electron chi connectivity index (χ0n) is 22.1. The molecular weight excluding hydrogens is 546 g/mol. The first-order valence-electron chi connectivity index (χ1n) is 12.4. The molecule has 1 aliphatic rings. The van der Waals surface area contributed by atoms with Gasteiger partial charge in [-0.2, -0.15) is 26.3 Å². The van der Waals surface area contributed by atoms with E-state index in [0.29, 0.717) is 29.1 Å². The Balaban J connectivity index is 1.76. The molecule has 3 heterocycles. The number of halogens is 6. The molecule has 1 fully saturated rings. The van der Waals surface area contributed by atoms with Gasteiger partial charge in [-0.1, -0.05) is 12.8 Å². The lowest BCUT2D eigenvalue weighted by Crippen LogP contribution is -2.53. The monoisotopic (exact) mass is 574 g/mol. The lowest BCUT2D eigenvalue weighted by molar-refractivity contribution is -0.180. The second-order valence-corrected chi connectivity index (χ2v) is 9.51. The molecule has 3 aromatic rings. The summed E-state index contributed by atoms with van der Waals surface area (Å²) in [4.78, 5) is 25.8. The Kier molecular flexibility index (Phi) is 8.04. The first-order chi connectivity index (χ1) is 18.8. The van der Waals surface area contributed by atoms with Gasteiger partial charge < -0.3 is 24.1 Å². The molecule has 0 aromatic carbocycles. The second-order valence-electron chi connectivity index (χ2n) is 9.51. The molecule has 1 aliphatic carbocycles. The van der Waals surface area contributed by atoms with Crippen LogP contribution in [0.2, 0.25) is 0 Å². The molecule has 9 nitrogen and oxygen atoms in total. The fraction of sp³-hybridized carbons (Fsp3) is 0.520. The van der Waals surface area contributed by atoms with Crippen LogP contribution in [0.3, 0.4) is 0 Å². The topological polar surface area (TPSA) is 93.9 Å².